The lowest BCUT2D eigenvalue weighted by atomic mass is 10.1. The van der Waals surface area contributed by atoms with Crippen LogP contribution in [0.4, 0.5) is 30.6 Å². The molecule has 7 nitrogen and oxygen atoms in total. The van der Waals surface area contributed by atoms with E-state index < -0.39 is 6.36 Å². The molecule has 0 fully saturated rings. The molecule has 0 saturated carbocycles. The predicted molar refractivity (Wildman–Crippen MR) is 109 cm³/mol. The first kappa shape index (κ1) is 21.9. The summed E-state index contributed by atoms with van der Waals surface area (Å²) in [6.07, 6.45) is -4.35. The minimum absolute atomic E-state index is 0.0236. The summed E-state index contributed by atoms with van der Waals surface area (Å²) in [5, 5.41) is 24.3. The average molecular weight is 429 g/mol. The smallest absolute Gasteiger partial charge is 0.406 e. The highest BCUT2D eigenvalue weighted by atomic mass is 19.4. The van der Waals surface area contributed by atoms with Crippen LogP contribution in [-0.4, -0.2) is 34.6 Å². The predicted octanol–water partition coefficient (Wildman–Crippen LogP) is 4.45. The molecule has 3 aromatic rings. The van der Waals surface area contributed by atoms with Crippen molar-refractivity contribution in [2.24, 2.45) is 0 Å². The van der Waals surface area contributed by atoms with Gasteiger partial charge in [-0.25, -0.2) is 4.98 Å². The highest BCUT2D eigenvalue weighted by molar-refractivity contribution is 5.70. The first-order valence-electron chi connectivity index (χ1n) is 9.24. The number of alkyl halides is 3. The second kappa shape index (κ2) is 9.77. The van der Waals surface area contributed by atoms with Crippen LogP contribution in [0, 0.1) is 11.3 Å². The SMILES string of the molecule is N#Cc1ccccc1Nc1cc(-c2cccc(OC(F)(F)F)c2)nc(NCCCO)n1. The third-order valence-electron chi connectivity index (χ3n) is 4.02. The van der Waals surface area contributed by atoms with Crippen LogP contribution in [0.15, 0.2) is 54.6 Å². The lowest BCUT2D eigenvalue weighted by Gasteiger charge is -2.13. The van der Waals surface area contributed by atoms with E-state index in [0.29, 0.717) is 41.3 Å². The molecular weight excluding hydrogens is 411 g/mol. The summed E-state index contributed by atoms with van der Waals surface area (Å²) < 4.78 is 41.7. The summed E-state index contributed by atoms with van der Waals surface area (Å²) in [4.78, 5) is 8.70. The summed E-state index contributed by atoms with van der Waals surface area (Å²) in [5.74, 6) is 0.175. The molecule has 1 aromatic heterocycles. The topological polar surface area (TPSA) is 103 Å². The molecule has 0 saturated heterocycles. The number of aliphatic hydroxyl groups excluding tert-OH is 1. The number of para-hydroxylation sites is 1. The maximum absolute atomic E-state index is 12.6. The fraction of sp³-hybridized carbons (Fsp3) is 0.190. The molecule has 0 aliphatic rings. The number of rotatable bonds is 8. The molecule has 0 amide bonds. The number of aliphatic hydroxyl groups is 1. The van der Waals surface area contributed by atoms with E-state index in [1.165, 1.54) is 18.2 Å². The van der Waals surface area contributed by atoms with E-state index >= 15 is 0 Å². The molecule has 3 rings (SSSR count). The Balaban J connectivity index is 1.98. The minimum atomic E-state index is -4.81. The third-order valence-corrected chi connectivity index (χ3v) is 4.02. The van der Waals surface area contributed by atoms with Gasteiger partial charge in [-0.05, 0) is 30.7 Å². The van der Waals surface area contributed by atoms with Crippen LogP contribution in [0.25, 0.3) is 11.3 Å². The highest BCUT2D eigenvalue weighted by Gasteiger charge is 2.31. The van der Waals surface area contributed by atoms with Gasteiger partial charge in [-0.2, -0.15) is 10.2 Å². The van der Waals surface area contributed by atoms with Crippen LogP contribution in [0.1, 0.15) is 12.0 Å². The summed E-state index contributed by atoms with van der Waals surface area (Å²) in [7, 11) is 0. The lowest BCUT2D eigenvalue weighted by Crippen LogP contribution is -2.17. The number of ether oxygens (including phenoxy) is 1. The molecule has 0 atom stereocenters. The summed E-state index contributed by atoms with van der Waals surface area (Å²) in [5.41, 5.74) is 1.64. The molecule has 160 valence electrons. The van der Waals surface area contributed by atoms with Gasteiger partial charge in [0.2, 0.25) is 5.95 Å². The van der Waals surface area contributed by atoms with Gasteiger partial charge in [0.1, 0.15) is 17.6 Å². The summed E-state index contributed by atoms with van der Waals surface area (Å²) >= 11 is 0. The van der Waals surface area contributed by atoms with E-state index in [1.807, 2.05) is 0 Å². The Hall–Kier alpha value is -3.84. The van der Waals surface area contributed by atoms with Crippen molar-refractivity contribution >= 4 is 17.5 Å². The first-order chi connectivity index (χ1) is 14.9. The van der Waals surface area contributed by atoms with Crippen molar-refractivity contribution in [1.29, 1.82) is 5.26 Å². The number of hydrogen-bond donors (Lipinski definition) is 3. The standard InChI is InChI=1S/C21H18F3N5O2/c22-21(23,24)31-16-7-3-6-14(11-16)18-12-19(29-20(28-18)26-9-4-10-30)27-17-8-2-1-5-15(17)13-25/h1-3,5-8,11-12,30H,4,9-10H2,(H2,26,27,28,29). The van der Waals surface area contributed by atoms with Crippen molar-refractivity contribution in [2.45, 2.75) is 12.8 Å². The van der Waals surface area contributed by atoms with Gasteiger partial charge >= 0.3 is 6.36 Å². The zero-order valence-electron chi connectivity index (χ0n) is 16.1. The molecule has 0 unspecified atom stereocenters. The van der Waals surface area contributed by atoms with Gasteiger partial charge in [0.05, 0.1) is 16.9 Å². The summed E-state index contributed by atoms with van der Waals surface area (Å²) in [6, 6.07) is 15.9. The number of anilines is 3. The Kier molecular flexibility index (Phi) is 6.89. The minimum Gasteiger partial charge on any atom is -0.406 e. The van der Waals surface area contributed by atoms with Gasteiger partial charge in [0.15, 0.2) is 0 Å². The molecule has 0 bridgehead atoms. The quantitative estimate of drug-likeness (QED) is 0.455. The first-order valence-corrected chi connectivity index (χ1v) is 9.24. The van der Waals surface area contributed by atoms with Gasteiger partial charge in [0.25, 0.3) is 0 Å². The molecule has 2 aromatic carbocycles. The normalized spacial score (nSPS) is 10.9. The van der Waals surface area contributed by atoms with Gasteiger partial charge in [-0.1, -0.05) is 24.3 Å². The summed E-state index contributed by atoms with van der Waals surface area (Å²) in [6.45, 7) is 0.371. The average Bonchev–Trinajstić information content (AvgIpc) is 2.73. The van der Waals surface area contributed by atoms with E-state index in [9.17, 15) is 18.4 Å². The molecule has 31 heavy (non-hydrogen) atoms. The van der Waals surface area contributed by atoms with Crippen molar-refractivity contribution in [3.05, 3.63) is 60.2 Å². The van der Waals surface area contributed by atoms with Crippen LogP contribution in [0.2, 0.25) is 0 Å². The monoisotopic (exact) mass is 429 g/mol. The molecule has 0 aliphatic carbocycles. The molecule has 3 N–H and O–H groups in total. The second-order valence-corrected chi connectivity index (χ2v) is 6.32. The van der Waals surface area contributed by atoms with Crippen molar-refractivity contribution < 1.29 is 23.0 Å². The van der Waals surface area contributed by atoms with Crippen LogP contribution in [0.3, 0.4) is 0 Å². The number of nitriles is 1. The Labute approximate surface area is 176 Å². The maximum Gasteiger partial charge on any atom is 0.573 e. The lowest BCUT2D eigenvalue weighted by molar-refractivity contribution is -0.274. The molecular formula is C21H18F3N5O2. The molecule has 0 radical (unpaired) electrons. The number of halogens is 3. The molecule has 1 heterocycles. The maximum atomic E-state index is 12.6. The fourth-order valence-electron chi connectivity index (χ4n) is 2.70. The van der Waals surface area contributed by atoms with E-state index in [0.717, 1.165) is 0 Å². The van der Waals surface area contributed by atoms with Crippen LogP contribution in [0.5, 0.6) is 5.75 Å². The second-order valence-electron chi connectivity index (χ2n) is 6.32. The Morgan fingerprint density at radius 2 is 1.87 bits per heavy atom. The van der Waals surface area contributed by atoms with E-state index in [2.05, 4.69) is 31.4 Å². The largest absolute Gasteiger partial charge is 0.573 e. The van der Waals surface area contributed by atoms with Gasteiger partial charge < -0.3 is 20.5 Å². The zero-order chi connectivity index (χ0) is 22.3. The van der Waals surface area contributed by atoms with Gasteiger partial charge in [-0.3, -0.25) is 0 Å². The van der Waals surface area contributed by atoms with E-state index in [4.69, 9.17) is 5.11 Å². The van der Waals surface area contributed by atoms with E-state index in [-0.39, 0.29) is 18.3 Å². The molecule has 10 heteroatoms. The Bertz CT molecular complexity index is 1080. The zero-order valence-corrected chi connectivity index (χ0v) is 16.1. The van der Waals surface area contributed by atoms with Crippen molar-refractivity contribution in [3.8, 4) is 23.1 Å². The van der Waals surface area contributed by atoms with Crippen molar-refractivity contribution in [1.82, 2.24) is 9.97 Å². The van der Waals surface area contributed by atoms with E-state index in [1.54, 1.807) is 36.4 Å². The van der Waals surface area contributed by atoms with Crippen molar-refractivity contribution in [3.63, 3.8) is 0 Å². The van der Waals surface area contributed by atoms with Crippen LogP contribution >= 0.6 is 0 Å². The number of aromatic nitrogens is 2. The highest BCUT2D eigenvalue weighted by Crippen LogP contribution is 2.29. The van der Waals surface area contributed by atoms with Gasteiger partial charge in [0, 0.05) is 24.8 Å². The number of nitrogens with one attached hydrogen (secondary N) is 2. The Morgan fingerprint density at radius 3 is 2.61 bits per heavy atom. The number of nitrogens with zero attached hydrogens (tertiary/aromatic N) is 3. The fourth-order valence-corrected chi connectivity index (χ4v) is 2.70. The number of hydrogen-bond acceptors (Lipinski definition) is 7. The number of benzene rings is 2. The van der Waals surface area contributed by atoms with Crippen LogP contribution in [-0.2, 0) is 0 Å². The molecule has 0 spiro atoms. The molecule has 0 aliphatic heterocycles. The third kappa shape index (κ3) is 6.32. The Morgan fingerprint density at radius 1 is 1.06 bits per heavy atom. The van der Waals surface area contributed by atoms with Crippen LogP contribution < -0.4 is 15.4 Å². The van der Waals surface area contributed by atoms with Crippen molar-refractivity contribution in [2.75, 3.05) is 23.8 Å². The van der Waals surface area contributed by atoms with Gasteiger partial charge in [-0.15, -0.1) is 13.2 Å².